The van der Waals surface area contributed by atoms with Gasteiger partial charge in [0.05, 0.1) is 35.9 Å². The first-order chi connectivity index (χ1) is 17.8. The fraction of sp³-hybridized carbons (Fsp3) is 0.480. The molecule has 1 aromatic carbocycles. The van der Waals surface area contributed by atoms with Crippen LogP contribution < -0.4 is 16.0 Å². The Bertz CT molecular complexity index is 1250. The average molecular weight is 528 g/mol. The van der Waals surface area contributed by atoms with Crippen LogP contribution in [-0.4, -0.2) is 99.9 Å². The van der Waals surface area contributed by atoms with Crippen LogP contribution in [0.5, 0.6) is 0 Å². The van der Waals surface area contributed by atoms with E-state index in [1.807, 2.05) is 38.1 Å². The molecule has 2 aromatic heterocycles. The second-order valence-electron chi connectivity index (χ2n) is 9.78. The van der Waals surface area contributed by atoms with E-state index in [2.05, 4.69) is 36.9 Å². The Balaban J connectivity index is 1.21. The van der Waals surface area contributed by atoms with Crippen LogP contribution in [-0.2, 0) is 9.53 Å². The lowest BCUT2D eigenvalue weighted by molar-refractivity contribution is -0.118. The third-order valence-corrected chi connectivity index (χ3v) is 7.96. The number of morpholine rings is 1. The minimum atomic E-state index is -0.911. The van der Waals surface area contributed by atoms with Gasteiger partial charge in [-0.3, -0.25) is 19.9 Å². The first kappa shape index (κ1) is 25.9. The van der Waals surface area contributed by atoms with Crippen molar-refractivity contribution in [3.63, 3.8) is 0 Å². The third kappa shape index (κ3) is 5.91. The van der Waals surface area contributed by atoms with Gasteiger partial charge < -0.3 is 25.6 Å². The van der Waals surface area contributed by atoms with Crippen LogP contribution in [0.3, 0.4) is 0 Å². The topological polar surface area (TPSA) is 135 Å². The van der Waals surface area contributed by atoms with E-state index >= 15 is 0 Å². The first-order valence-corrected chi connectivity index (χ1v) is 13.2. The summed E-state index contributed by atoms with van der Waals surface area (Å²) in [4.78, 5) is 26.3. The van der Waals surface area contributed by atoms with Gasteiger partial charge in [-0.15, -0.1) is 11.3 Å². The predicted octanol–water partition coefficient (Wildman–Crippen LogP) is 1.32. The number of thiophene rings is 1. The first-order valence-electron chi connectivity index (χ1n) is 12.4. The molecule has 2 fully saturated rings. The number of anilines is 2. The molecule has 4 heterocycles. The van der Waals surface area contributed by atoms with E-state index in [0.29, 0.717) is 38.8 Å². The summed E-state index contributed by atoms with van der Waals surface area (Å²) in [6.45, 7) is 7.98. The zero-order valence-corrected chi connectivity index (χ0v) is 21.8. The van der Waals surface area contributed by atoms with E-state index in [-0.39, 0.29) is 5.91 Å². The fourth-order valence-electron chi connectivity index (χ4n) is 4.60. The zero-order chi connectivity index (χ0) is 26.0. The number of hydrogen-bond acceptors (Lipinski definition) is 11. The largest absolute Gasteiger partial charge is 0.379 e. The summed E-state index contributed by atoms with van der Waals surface area (Å²) < 4.78 is 6.44. The standard InChI is InChI=1S/C25H33N7O4S/c1-25(2)22(34)30-24(35)32(25)8-7-27-23-26-6-5-18(29-23)20-14-16-13-17(3-4-19(16)37-20)28-21(33)15-31-9-11-36-12-10-31/h3-6,13-14,22,24,30,34-35H,7-12,15H2,1-2H3,(H,28,33)(H,26,27,29). The molecule has 37 heavy (non-hydrogen) atoms. The SMILES string of the molecule is CC1(C)C(O)NC(O)N1CCNc1nccc(-c2cc3cc(NC(=O)CN4CCOCC4)ccc3s2)n1. The number of carbonyl (C=O) groups is 1. The average Bonchev–Trinajstić information content (AvgIpc) is 3.38. The molecule has 0 bridgehead atoms. The number of aliphatic hydroxyl groups excluding tert-OH is 2. The van der Waals surface area contributed by atoms with E-state index < -0.39 is 18.1 Å². The normalized spacial score (nSPS) is 22.4. The number of nitrogens with one attached hydrogen (secondary N) is 3. The molecule has 2 unspecified atom stereocenters. The monoisotopic (exact) mass is 527 g/mol. The number of carbonyl (C=O) groups excluding carboxylic acids is 1. The van der Waals surface area contributed by atoms with Crippen molar-refractivity contribution in [3.8, 4) is 10.6 Å². The van der Waals surface area contributed by atoms with Gasteiger partial charge in [0.2, 0.25) is 11.9 Å². The Morgan fingerprint density at radius 2 is 2.05 bits per heavy atom. The number of nitrogens with zero attached hydrogens (tertiary/aromatic N) is 4. The zero-order valence-electron chi connectivity index (χ0n) is 21.0. The molecule has 0 radical (unpaired) electrons. The van der Waals surface area contributed by atoms with Crippen LogP contribution in [0.25, 0.3) is 20.7 Å². The van der Waals surface area contributed by atoms with E-state index in [0.717, 1.165) is 39.4 Å². The number of ether oxygens (including phenoxy) is 1. The van der Waals surface area contributed by atoms with Gasteiger partial charge in [0, 0.05) is 42.8 Å². The van der Waals surface area contributed by atoms with Gasteiger partial charge in [0.1, 0.15) is 6.23 Å². The minimum absolute atomic E-state index is 0.0293. The molecule has 2 aliphatic heterocycles. The van der Waals surface area contributed by atoms with E-state index in [1.54, 1.807) is 22.4 Å². The summed E-state index contributed by atoms with van der Waals surface area (Å²) in [6.07, 6.45) is -0.00738. The molecule has 2 aliphatic rings. The van der Waals surface area contributed by atoms with Gasteiger partial charge >= 0.3 is 0 Å². The molecule has 2 saturated heterocycles. The molecule has 0 saturated carbocycles. The molecule has 0 spiro atoms. The number of aromatic nitrogens is 2. The summed E-state index contributed by atoms with van der Waals surface area (Å²) >= 11 is 1.63. The number of benzene rings is 1. The molecule has 198 valence electrons. The van der Waals surface area contributed by atoms with E-state index in [9.17, 15) is 15.0 Å². The predicted molar refractivity (Wildman–Crippen MR) is 143 cm³/mol. The van der Waals surface area contributed by atoms with Crippen molar-refractivity contribution in [2.75, 3.05) is 56.6 Å². The van der Waals surface area contributed by atoms with Gasteiger partial charge in [0.25, 0.3) is 0 Å². The summed E-state index contributed by atoms with van der Waals surface area (Å²) in [5, 5.41) is 30.2. The molecule has 11 nitrogen and oxygen atoms in total. The number of aliphatic hydroxyl groups is 2. The van der Waals surface area contributed by atoms with Crippen LogP contribution in [0, 0.1) is 0 Å². The van der Waals surface area contributed by atoms with E-state index in [1.165, 1.54) is 0 Å². The van der Waals surface area contributed by atoms with Crippen molar-refractivity contribution < 1.29 is 19.7 Å². The van der Waals surface area contributed by atoms with Crippen molar-refractivity contribution in [2.24, 2.45) is 0 Å². The van der Waals surface area contributed by atoms with Gasteiger partial charge in [0.15, 0.2) is 6.35 Å². The number of hydrogen-bond donors (Lipinski definition) is 5. The number of fused-ring (bicyclic) bond motifs is 1. The minimum Gasteiger partial charge on any atom is -0.379 e. The van der Waals surface area contributed by atoms with Gasteiger partial charge in [-0.1, -0.05) is 0 Å². The van der Waals surface area contributed by atoms with Crippen molar-refractivity contribution in [1.82, 2.24) is 25.1 Å². The maximum Gasteiger partial charge on any atom is 0.238 e. The third-order valence-electron chi connectivity index (χ3n) is 6.83. The molecular weight excluding hydrogens is 494 g/mol. The molecule has 5 rings (SSSR count). The van der Waals surface area contributed by atoms with Crippen molar-refractivity contribution in [1.29, 1.82) is 0 Å². The summed E-state index contributed by atoms with van der Waals surface area (Å²) in [5.41, 5.74) is 0.976. The summed E-state index contributed by atoms with van der Waals surface area (Å²) in [7, 11) is 0. The highest BCUT2D eigenvalue weighted by molar-refractivity contribution is 7.22. The lowest BCUT2D eigenvalue weighted by Crippen LogP contribution is -2.49. The smallest absolute Gasteiger partial charge is 0.238 e. The van der Waals surface area contributed by atoms with Crippen LogP contribution in [0.4, 0.5) is 11.6 Å². The van der Waals surface area contributed by atoms with Crippen molar-refractivity contribution in [3.05, 3.63) is 36.5 Å². The highest BCUT2D eigenvalue weighted by atomic mass is 32.1. The molecule has 1 amide bonds. The van der Waals surface area contributed by atoms with Gasteiger partial charge in [-0.2, -0.15) is 0 Å². The van der Waals surface area contributed by atoms with Crippen LogP contribution in [0.1, 0.15) is 13.8 Å². The Hall–Kier alpha value is -2.71. The second kappa shape index (κ2) is 11.0. The van der Waals surface area contributed by atoms with Gasteiger partial charge in [-0.25, -0.2) is 9.97 Å². The molecule has 12 heteroatoms. The lowest BCUT2D eigenvalue weighted by Gasteiger charge is -2.33. The Morgan fingerprint density at radius 3 is 2.81 bits per heavy atom. The van der Waals surface area contributed by atoms with Crippen LogP contribution in [0.2, 0.25) is 0 Å². The molecule has 5 N–H and O–H groups in total. The number of rotatable bonds is 8. The maximum atomic E-state index is 12.5. The van der Waals surface area contributed by atoms with Crippen LogP contribution in [0.15, 0.2) is 36.5 Å². The summed E-state index contributed by atoms with van der Waals surface area (Å²) in [6, 6.07) is 9.86. The molecule has 3 aromatic rings. The fourth-order valence-corrected chi connectivity index (χ4v) is 5.61. The Morgan fingerprint density at radius 1 is 1.24 bits per heavy atom. The number of amides is 1. The molecule has 0 aliphatic carbocycles. The van der Waals surface area contributed by atoms with Gasteiger partial charge in [-0.05, 0) is 49.6 Å². The summed E-state index contributed by atoms with van der Waals surface area (Å²) in [5.74, 6) is 0.462. The molecular formula is C25H33N7O4S. The van der Waals surface area contributed by atoms with Crippen molar-refractivity contribution >= 4 is 39.0 Å². The quantitative estimate of drug-likeness (QED) is 0.292. The second-order valence-corrected chi connectivity index (χ2v) is 10.9. The lowest BCUT2D eigenvalue weighted by atomic mass is 10.0. The highest BCUT2D eigenvalue weighted by Gasteiger charge is 2.45. The molecule has 2 atom stereocenters. The highest BCUT2D eigenvalue weighted by Crippen LogP contribution is 2.34. The van der Waals surface area contributed by atoms with E-state index in [4.69, 9.17) is 4.74 Å². The Labute approximate surface area is 219 Å². The Kier molecular flexibility index (Phi) is 7.67. The van der Waals surface area contributed by atoms with Crippen molar-refractivity contribution in [2.45, 2.75) is 32.0 Å². The maximum absolute atomic E-state index is 12.5. The van der Waals surface area contributed by atoms with Crippen LogP contribution >= 0.6 is 11.3 Å².